The third-order valence-electron chi connectivity index (χ3n) is 2.35. The van der Waals surface area contributed by atoms with Crippen LogP contribution in [0.2, 0.25) is 0 Å². The smallest absolute Gasteiger partial charge is 0.407 e. The largest absolute Gasteiger partial charge is 0.466 e. The highest BCUT2D eigenvalue weighted by molar-refractivity contribution is 5.69. The lowest BCUT2D eigenvalue weighted by Crippen LogP contribution is -2.25. The number of esters is 1. The normalized spacial score (nSPS) is 9.74. The Kier molecular flexibility index (Phi) is 7.09. The number of hydrogen-bond acceptors (Lipinski definition) is 4. The van der Waals surface area contributed by atoms with Crippen LogP contribution in [0, 0.1) is 0 Å². The van der Waals surface area contributed by atoms with E-state index < -0.39 is 6.09 Å². The van der Waals surface area contributed by atoms with E-state index in [9.17, 15) is 9.59 Å². The van der Waals surface area contributed by atoms with Crippen molar-refractivity contribution in [2.45, 2.75) is 26.4 Å². The van der Waals surface area contributed by atoms with Crippen molar-refractivity contribution in [2.75, 3.05) is 13.2 Å². The zero-order valence-corrected chi connectivity index (χ0v) is 11.1. The summed E-state index contributed by atoms with van der Waals surface area (Å²) in [6.45, 7) is 2.78. The van der Waals surface area contributed by atoms with Crippen molar-refractivity contribution in [3.8, 4) is 0 Å². The fourth-order valence-corrected chi connectivity index (χ4v) is 1.43. The number of carbonyl (C=O) groups is 2. The third-order valence-corrected chi connectivity index (χ3v) is 2.35. The first kappa shape index (κ1) is 15.0. The van der Waals surface area contributed by atoms with Gasteiger partial charge in [0.15, 0.2) is 0 Å². The van der Waals surface area contributed by atoms with Gasteiger partial charge in [-0.3, -0.25) is 4.79 Å². The third kappa shape index (κ3) is 7.08. The Bertz CT molecular complexity index is 392. The van der Waals surface area contributed by atoms with Crippen LogP contribution >= 0.6 is 0 Å². The molecule has 104 valence electrons. The summed E-state index contributed by atoms with van der Waals surface area (Å²) >= 11 is 0. The predicted molar refractivity (Wildman–Crippen MR) is 70.5 cm³/mol. The molecule has 0 saturated carbocycles. The molecule has 0 fully saturated rings. The molecule has 0 aromatic heterocycles. The maximum absolute atomic E-state index is 11.3. The van der Waals surface area contributed by atoms with Gasteiger partial charge in [0.05, 0.1) is 6.61 Å². The number of ether oxygens (including phenoxy) is 2. The summed E-state index contributed by atoms with van der Waals surface area (Å²) in [6, 6.07) is 9.44. The van der Waals surface area contributed by atoms with Crippen molar-refractivity contribution in [1.29, 1.82) is 0 Å². The molecule has 0 aliphatic heterocycles. The average molecular weight is 265 g/mol. The van der Waals surface area contributed by atoms with Crippen molar-refractivity contribution in [2.24, 2.45) is 0 Å². The van der Waals surface area contributed by atoms with E-state index in [1.54, 1.807) is 6.92 Å². The molecule has 0 unspecified atom stereocenters. The molecule has 0 heterocycles. The van der Waals surface area contributed by atoms with E-state index in [1.165, 1.54) is 0 Å². The van der Waals surface area contributed by atoms with Crippen molar-refractivity contribution in [1.82, 2.24) is 5.32 Å². The minimum absolute atomic E-state index is 0.241. The summed E-state index contributed by atoms with van der Waals surface area (Å²) < 4.78 is 9.79. The summed E-state index contributed by atoms with van der Waals surface area (Å²) in [5.41, 5.74) is 0.934. The van der Waals surface area contributed by atoms with Gasteiger partial charge >= 0.3 is 12.1 Å². The zero-order valence-electron chi connectivity index (χ0n) is 11.1. The van der Waals surface area contributed by atoms with Crippen LogP contribution in [-0.4, -0.2) is 25.2 Å². The molecule has 0 aliphatic rings. The molecular formula is C14H19NO4. The quantitative estimate of drug-likeness (QED) is 0.606. The van der Waals surface area contributed by atoms with Gasteiger partial charge in [-0.2, -0.15) is 0 Å². The standard InChI is InChI=1S/C14H19NO4/c1-2-18-13(16)9-6-10-15-14(17)19-11-12-7-4-3-5-8-12/h3-5,7-8H,2,6,9-11H2,1H3,(H,15,17). The number of amides is 1. The van der Waals surface area contributed by atoms with Crippen LogP contribution in [0.3, 0.4) is 0 Å². The molecule has 1 N–H and O–H groups in total. The molecule has 1 amide bonds. The molecule has 0 atom stereocenters. The Morgan fingerprint density at radius 1 is 1.16 bits per heavy atom. The highest BCUT2D eigenvalue weighted by Crippen LogP contribution is 2.00. The van der Waals surface area contributed by atoms with Gasteiger partial charge in [-0.05, 0) is 18.9 Å². The highest BCUT2D eigenvalue weighted by atomic mass is 16.5. The fourth-order valence-electron chi connectivity index (χ4n) is 1.43. The minimum atomic E-state index is -0.479. The number of carbonyl (C=O) groups excluding carboxylic acids is 2. The van der Waals surface area contributed by atoms with E-state index in [0.717, 1.165) is 5.56 Å². The molecule has 0 aliphatic carbocycles. The lowest BCUT2D eigenvalue weighted by atomic mass is 10.2. The number of rotatable bonds is 7. The molecule has 0 bridgehead atoms. The Balaban J connectivity index is 2.07. The topological polar surface area (TPSA) is 64.6 Å². The van der Waals surface area contributed by atoms with Crippen LogP contribution in [-0.2, 0) is 20.9 Å². The molecule has 1 rings (SSSR count). The van der Waals surface area contributed by atoms with E-state index in [0.29, 0.717) is 26.0 Å². The van der Waals surface area contributed by atoms with Crippen molar-refractivity contribution in [3.63, 3.8) is 0 Å². The summed E-state index contributed by atoms with van der Waals surface area (Å²) in [7, 11) is 0. The Hall–Kier alpha value is -2.04. The van der Waals surface area contributed by atoms with E-state index in [1.807, 2.05) is 30.3 Å². The number of nitrogens with one attached hydrogen (secondary N) is 1. The molecular weight excluding hydrogens is 246 g/mol. The molecule has 0 radical (unpaired) electrons. The van der Waals surface area contributed by atoms with Crippen molar-refractivity contribution in [3.05, 3.63) is 35.9 Å². The summed E-state index contributed by atoms with van der Waals surface area (Å²) in [6.07, 6.45) is 0.360. The molecule has 19 heavy (non-hydrogen) atoms. The lowest BCUT2D eigenvalue weighted by molar-refractivity contribution is -0.143. The van der Waals surface area contributed by atoms with Gasteiger partial charge in [0, 0.05) is 13.0 Å². The van der Waals surface area contributed by atoms with Gasteiger partial charge < -0.3 is 14.8 Å². The highest BCUT2D eigenvalue weighted by Gasteiger charge is 2.04. The summed E-state index contributed by atoms with van der Waals surface area (Å²) in [5, 5.41) is 2.58. The van der Waals surface area contributed by atoms with Gasteiger partial charge in [0.25, 0.3) is 0 Å². The first-order valence-electron chi connectivity index (χ1n) is 6.32. The number of benzene rings is 1. The number of hydrogen-bond donors (Lipinski definition) is 1. The zero-order chi connectivity index (χ0) is 13.9. The minimum Gasteiger partial charge on any atom is -0.466 e. The van der Waals surface area contributed by atoms with Crippen LogP contribution in [0.15, 0.2) is 30.3 Å². The first-order valence-corrected chi connectivity index (χ1v) is 6.32. The SMILES string of the molecule is CCOC(=O)CCCNC(=O)OCc1ccccc1. The van der Waals surface area contributed by atoms with Gasteiger partial charge in [-0.15, -0.1) is 0 Å². The maximum Gasteiger partial charge on any atom is 0.407 e. The van der Waals surface area contributed by atoms with Crippen molar-refractivity contribution < 1.29 is 19.1 Å². The second-order valence-electron chi connectivity index (χ2n) is 3.90. The molecule has 1 aromatic carbocycles. The van der Waals surface area contributed by atoms with E-state index in [4.69, 9.17) is 9.47 Å². The first-order chi connectivity index (χ1) is 9.22. The predicted octanol–water partition coefficient (Wildman–Crippen LogP) is 2.26. The Morgan fingerprint density at radius 2 is 1.89 bits per heavy atom. The van der Waals surface area contributed by atoms with Crippen LogP contribution < -0.4 is 5.32 Å². The monoisotopic (exact) mass is 265 g/mol. The van der Waals surface area contributed by atoms with Crippen molar-refractivity contribution >= 4 is 12.1 Å². The molecule has 5 heteroatoms. The number of alkyl carbamates (subject to hydrolysis) is 1. The van der Waals surface area contributed by atoms with E-state index in [-0.39, 0.29) is 12.6 Å². The van der Waals surface area contributed by atoms with Crippen LogP contribution in [0.25, 0.3) is 0 Å². The fraction of sp³-hybridized carbons (Fsp3) is 0.429. The van der Waals surface area contributed by atoms with Gasteiger partial charge in [0.1, 0.15) is 6.61 Å². The van der Waals surface area contributed by atoms with E-state index in [2.05, 4.69) is 5.32 Å². The van der Waals surface area contributed by atoms with Crippen LogP contribution in [0.1, 0.15) is 25.3 Å². The Labute approximate surface area is 112 Å². The van der Waals surface area contributed by atoms with Crippen LogP contribution in [0.5, 0.6) is 0 Å². The van der Waals surface area contributed by atoms with Gasteiger partial charge in [-0.1, -0.05) is 30.3 Å². The van der Waals surface area contributed by atoms with E-state index >= 15 is 0 Å². The molecule has 0 saturated heterocycles. The lowest BCUT2D eigenvalue weighted by Gasteiger charge is -2.06. The van der Waals surface area contributed by atoms with Gasteiger partial charge in [-0.25, -0.2) is 4.79 Å². The Morgan fingerprint density at radius 3 is 2.58 bits per heavy atom. The average Bonchev–Trinajstić information content (AvgIpc) is 2.43. The molecule has 1 aromatic rings. The summed E-state index contributed by atoms with van der Waals surface area (Å²) in [4.78, 5) is 22.4. The maximum atomic E-state index is 11.3. The molecule has 0 spiro atoms. The second-order valence-corrected chi connectivity index (χ2v) is 3.90. The summed E-state index contributed by atoms with van der Waals surface area (Å²) in [5.74, 6) is -0.248. The van der Waals surface area contributed by atoms with Crippen LogP contribution in [0.4, 0.5) is 4.79 Å². The second kappa shape index (κ2) is 8.97. The van der Waals surface area contributed by atoms with Gasteiger partial charge in [0.2, 0.25) is 0 Å². The molecule has 5 nitrogen and oxygen atoms in total.